The number of carbonyl (C=O) groups excluding carboxylic acids is 1. The van der Waals surface area contributed by atoms with E-state index in [4.69, 9.17) is 10.8 Å². The second-order valence-electron chi connectivity index (χ2n) is 4.61. The highest BCUT2D eigenvalue weighted by Gasteiger charge is 2.27. The summed E-state index contributed by atoms with van der Waals surface area (Å²) >= 11 is 0. The van der Waals surface area contributed by atoms with Crippen LogP contribution in [-0.2, 0) is 26.2 Å². The van der Waals surface area contributed by atoms with Gasteiger partial charge in [-0.05, 0) is 20.8 Å². The first-order valence-corrected chi connectivity index (χ1v) is 7.62. The maximum absolute atomic E-state index is 12.3. The normalized spacial score (nSPS) is 13.1. The van der Waals surface area contributed by atoms with Crippen LogP contribution >= 0.6 is 0 Å². The zero-order chi connectivity index (χ0) is 16.4. The van der Waals surface area contributed by atoms with Crippen LogP contribution in [0.2, 0.25) is 0 Å². The lowest BCUT2D eigenvalue weighted by Crippen LogP contribution is -2.42. The molecule has 118 valence electrons. The number of carboxylic acids is 1. The molecule has 4 N–H and O–H groups in total. The van der Waals surface area contributed by atoms with E-state index in [9.17, 15) is 18.0 Å². The van der Waals surface area contributed by atoms with Crippen molar-refractivity contribution in [3.63, 3.8) is 0 Å². The molecule has 1 heterocycles. The summed E-state index contributed by atoms with van der Waals surface area (Å²) in [6.07, 6.45) is -0.174. The van der Waals surface area contributed by atoms with E-state index >= 15 is 0 Å². The van der Waals surface area contributed by atoms with Crippen LogP contribution in [0.5, 0.6) is 0 Å². The van der Waals surface area contributed by atoms with E-state index in [1.165, 1.54) is 25.5 Å². The summed E-state index contributed by atoms with van der Waals surface area (Å²) < 4.78 is 28.0. The number of hydrogen-bond donors (Lipinski definition) is 3. The molecule has 1 amide bonds. The third kappa shape index (κ3) is 4.02. The van der Waals surface area contributed by atoms with Gasteiger partial charge >= 0.3 is 5.97 Å². The van der Waals surface area contributed by atoms with Crippen molar-refractivity contribution in [3.8, 4) is 0 Å². The van der Waals surface area contributed by atoms with Gasteiger partial charge in [0.05, 0.1) is 30.4 Å². The summed E-state index contributed by atoms with van der Waals surface area (Å²) in [5, 5.41) is 12.7. The minimum Gasteiger partial charge on any atom is -0.481 e. The molecule has 1 unspecified atom stereocenters. The molecule has 0 aromatic carbocycles. The molecule has 21 heavy (non-hydrogen) atoms. The highest BCUT2D eigenvalue weighted by Crippen LogP contribution is 2.19. The Morgan fingerprint density at radius 2 is 2.00 bits per heavy atom. The van der Waals surface area contributed by atoms with Gasteiger partial charge < -0.3 is 10.8 Å². The molecule has 1 rings (SSSR count). The number of hydrogen-bond acceptors (Lipinski definition) is 5. The number of nitrogens with two attached hydrogens (primary N) is 1. The Morgan fingerprint density at radius 3 is 2.48 bits per heavy atom. The first-order valence-electron chi connectivity index (χ1n) is 6.13. The van der Waals surface area contributed by atoms with Crippen molar-refractivity contribution in [3.05, 3.63) is 11.4 Å². The number of aryl methyl sites for hydroxylation is 2. The number of nitrogens with zero attached hydrogens (tertiary/aromatic N) is 2. The number of primary amides is 1. The lowest BCUT2D eigenvalue weighted by Gasteiger charge is -2.11. The van der Waals surface area contributed by atoms with E-state index in [-0.39, 0.29) is 23.6 Å². The van der Waals surface area contributed by atoms with Crippen molar-refractivity contribution in [1.29, 1.82) is 0 Å². The van der Waals surface area contributed by atoms with Crippen LogP contribution in [0.15, 0.2) is 4.90 Å². The van der Waals surface area contributed by atoms with Gasteiger partial charge in [0.1, 0.15) is 4.90 Å². The molecule has 0 spiro atoms. The number of rotatable bonds is 7. The number of sulfonamides is 1. The molecule has 0 saturated carbocycles. The third-order valence-electron chi connectivity index (χ3n) is 2.88. The number of aromatic nitrogens is 2. The molecule has 9 nitrogen and oxygen atoms in total. The maximum Gasteiger partial charge on any atom is 0.305 e. The maximum atomic E-state index is 12.3. The fourth-order valence-corrected chi connectivity index (χ4v) is 3.46. The van der Waals surface area contributed by atoms with Crippen LogP contribution < -0.4 is 10.5 Å². The molecule has 0 aliphatic rings. The fraction of sp³-hybridized carbons (Fsp3) is 0.545. The van der Waals surface area contributed by atoms with Crippen molar-refractivity contribution in [2.75, 3.05) is 0 Å². The largest absolute Gasteiger partial charge is 0.481 e. The van der Waals surface area contributed by atoms with E-state index in [0.717, 1.165) is 0 Å². The molecule has 1 atom stereocenters. The average Bonchev–Trinajstić information content (AvgIpc) is 2.61. The molecule has 10 heteroatoms. The Bertz CT molecular complexity index is 664. The molecule has 0 saturated heterocycles. The molecule has 0 aliphatic heterocycles. The first kappa shape index (κ1) is 17.1. The minimum atomic E-state index is -3.97. The Morgan fingerprint density at radius 1 is 1.43 bits per heavy atom. The van der Waals surface area contributed by atoms with Crippen LogP contribution in [0.1, 0.15) is 24.7 Å². The lowest BCUT2D eigenvalue weighted by atomic mass is 10.4. The fourth-order valence-electron chi connectivity index (χ4n) is 1.84. The van der Waals surface area contributed by atoms with Crippen LogP contribution in [0.25, 0.3) is 0 Å². The van der Waals surface area contributed by atoms with Gasteiger partial charge in [-0.2, -0.15) is 9.82 Å². The SMILES string of the molecule is Cc1nn(CCC(=O)O)c(C)c1S(=O)(=O)NC(C)C(N)=O. The summed E-state index contributed by atoms with van der Waals surface area (Å²) in [6, 6.07) is -1.06. The molecule has 0 aliphatic carbocycles. The molecule has 1 aromatic heterocycles. The lowest BCUT2D eigenvalue weighted by molar-refractivity contribution is -0.137. The molecule has 1 aromatic rings. The van der Waals surface area contributed by atoms with Gasteiger partial charge in [0, 0.05) is 0 Å². The number of amides is 1. The van der Waals surface area contributed by atoms with Gasteiger partial charge in [-0.25, -0.2) is 8.42 Å². The van der Waals surface area contributed by atoms with Crippen LogP contribution in [-0.4, -0.2) is 41.2 Å². The number of nitrogens with one attached hydrogen (secondary N) is 1. The first-order chi connectivity index (χ1) is 9.56. The smallest absolute Gasteiger partial charge is 0.305 e. The van der Waals surface area contributed by atoms with E-state index in [1.807, 2.05) is 0 Å². The van der Waals surface area contributed by atoms with Crippen molar-refractivity contribution in [2.45, 2.75) is 44.7 Å². The Balaban J connectivity index is 3.13. The summed E-state index contributed by atoms with van der Waals surface area (Å²) in [5.74, 6) is -1.81. The Hall–Kier alpha value is -1.94. The van der Waals surface area contributed by atoms with Crippen LogP contribution in [0.3, 0.4) is 0 Å². The van der Waals surface area contributed by atoms with Gasteiger partial charge in [-0.3, -0.25) is 14.3 Å². The van der Waals surface area contributed by atoms with Crippen molar-refractivity contribution < 1.29 is 23.1 Å². The van der Waals surface area contributed by atoms with Gasteiger partial charge in [-0.1, -0.05) is 0 Å². The Kier molecular flexibility index (Phi) is 5.07. The minimum absolute atomic E-state index is 0.0584. The summed E-state index contributed by atoms with van der Waals surface area (Å²) in [6.45, 7) is 4.40. The highest BCUT2D eigenvalue weighted by atomic mass is 32.2. The Labute approximate surface area is 122 Å². The predicted octanol–water partition coefficient (Wildman–Crippen LogP) is -0.873. The number of carboxylic acid groups (broad SMARTS) is 1. The van der Waals surface area contributed by atoms with Gasteiger partial charge in [0.25, 0.3) is 0 Å². The van der Waals surface area contributed by atoms with Gasteiger partial charge in [0.15, 0.2) is 0 Å². The van der Waals surface area contributed by atoms with Crippen molar-refractivity contribution in [2.24, 2.45) is 5.73 Å². The van der Waals surface area contributed by atoms with E-state index in [2.05, 4.69) is 9.82 Å². The van der Waals surface area contributed by atoms with E-state index in [0.29, 0.717) is 5.69 Å². The second-order valence-corrected chi connectivity index (χ2v) is 6.26. The molecule has 0 radical (unpaired) electrons. The number of carbonyl (C=O) groups is 2. The van der Waals surface area contributed by atoms with E-state index < -0.39 is 27.9 Å². The second kappa shape index (κ2) is 6.22. The van der Waals surface area contributed by atoms with Crippen LogP contribution in [0, 0.1) is 13.8 Å². The van der Waals surface area contributed by atoms with Gasteiger partial charge in [0.2, 0.25) is 15.9 Å². The standard InChI is InChI=1S/C11H18N4O5S/c1-6-10(21(19,20)14-7(2)11(12)18)8(3)15(13-6)5-4-9(16)17/h7,14H,4-5H2,1-3H3,(H2,12,18)(H,16,17). The van der Waals surface area contributed by atoms with Gasteiger partial charge in [-0.15, -0.1) is 0 Å². The third-order valence-corrected chi connectivity index (χ3v) is 4.67. The monoisotopic (exact) mass is 318 g/mol. The average molecular weight is 318 g/mol. The molecule has 0 bridgehead atoms. The highest BCUT2D eigenvalue weighted by molar-refractivity contribution is 7.89. The van der Waals surface area contributed by atoms with Crippen LogP contribution in [0.4, 0.5) is 0 Å². The van der Waals surface area contributed by atoms with Crippen molar-refractivity contribution in [1.82, 2.24) is 14.5 Å². The summed E-state index contributed by atoms with van der Waals surface area (Å²) in [7, 11) is -3.97. The predicted molar refractivity (Wildman–Crippen MR) is 72.9 cm³/mol. The molecule has 0 fully saturated rings. The molecular formula is C11H18N4O5S. The summed E-state index contributed by atoms with van der Waals surface area (Å²) in [4.78, 5) is 21.5. The quantitative estimate of drug-likeness (QED) is 0.596. The molecular weight excluding hydrogens is 300 g/mol. The van der Waals surface area contributed by atoms with E-state index in [1.54, 1.807) is 0 Å². The summed E-state index contributed by atoms with van der Waals surface area (Å²) in [5.41, 5.74) is 5.56. The topological polar surface area (TPSA) is 144 Å². The zero-order valence-corrected chi connectivity index (χ0v) is 12.8. The van der Waals surface area contributed by atoms with Crippen molar-refractivity contribution >= 4 is 21.9 Å². The number of aliphatic carboxylic acids is 1. The zero-order valence-electron chi connectivity index (χ0n) is 12.0.